The highest BCUT2D eigenvalue weighted by molar-refractivity contribution is 7.22. The van der Waals surface area contributed by atoms with E-state index in [0.717, 1.165) is 10.2 Å². The molecule has 1 aromatic carbocycles. The third-order valence-corrected chi connectivity index (χ3v) is 4.39. The van der Waals surface area contributed by atoms with Crippen molar-refractivity contribution < 1.29 is 14.3 Å². The van der Waals surface area contributed by atoms with E-state index < -0.39 is 11.8 Å². The number of benzene rings is 1. The molecule has 1 unspecified atom stereocenters. The maximum absolute atomic E-state index is 12.0. The van der Waals surface area contributed by atoms with Crippen LogP contribution in [0.4, 0.5) is 5.13 Å². The Balaban J connectivity index is 1.99. The summed E-state index contributed by atoms with van der Waals surface area (Å²) >= 11 is 1.40. The van der Waals surface area contributed by atoms with Gasteiger partial charge in [0.25, 0.3) is 0 Å². The summed E-state index contributed by atoms with van der Waals surface area (Å²) in [5.74, 6) is -0.328. The SMILES string of the molecule is COc1cccc2sc(N3CC(C(N)=O)CC3=O)nc12. The molecule has 1 aliphatic rings. The van der Waals surface area contributed by atoms with Crippen LogP contribution < -0.4 is 15.4 Å². The van der Waals surface area contributed by atoms with E-state index >= 15 is 0 Å². The van der Waals surface area contributed by atoms with E-state index in [4.69, 9.17) is 10.5 Å². The molecule has 1 atom stereocenters. The third kappa shape index (κ3) is 2.00. The zero-order valence-electron chi connectivity index (χ0n) is 10.8. The van der Waals surface area contributed by atoms with Crippen LogP contribution in [0.1, 0.15) is 6.42 Å². The Morgan fingerprint density at radius 2 is 2.35 bits per heavy atom. The predicted octanol–water partition coefficient (Wildman–Crippen LogP) is 1.14. The second-order valence-corrected chi connectivity index (χ2v) is 5.62. The monoisotopic (exact) mass is 291 g/mol. The summed E-state index contributed by atoms with van der Waals surface area (Å²) in [5, 5.41) is 0.582. The van der Waals surface area contributed by atoms with E-state index in [9.17, 15) is 9.59 Å². The zero-order valence-corrected chi connectivity index (χ0v) is 11.6. The minimum atomic E-state index is -0.445. The maximum Gasteiger partial charge on any atom is 0.229 e. The molecule has 2 N–H and O–H groups in total. The van der Waals surface area contributed by atoms with Gasteiger partial charge in [0.05, 0.1) is 17.7 Å². The lowest BCUT2D eigenvalue weighted by Crippen LogP contribution is -2.28. The topological polar surface area (TPSA) is 85.5 Å². The summed E-state index contributed by atoms with van der Waals surface area (Å²) in [7, 11) is 1.58. The first-order valence-corrected chi connectivity index (χ1v) is 6.95. The Morgan fingerprint density at radius 1 is 1.55 bits per heavy atom. The average Bonchev–Trinajstić information content (AvgIpc) is 3.01. The Kier molecular flexibility index (Phi) is 3.06. The number of primary amides is 1. The van der Waals surface area contributed by atoms with Crippen molar-refractivity contribution in [3.05, 3.63) is 18.2 Å². The van der Waals surface area contributed by atoms with Crippen LogP contribution in [0.2, 0.25) is 0 Å². The number of hydrogen-bond donors (Lipinski definition) is 1. The molecule has 6 nitrogen and oxygen atoms in total. The smallest absolute Gasteiger partial charge is 0.229 e. The standard InChI is InChI=1S/C13H13N3O3S/c1-19-8-3-2-4-9-11(8)15-13(20-9)16-6-7(12(14)18)5-10(16)17/h2-4,7H,5-6H2,1H3,(H2,14,18). The van der Waals surface area contributed by atoms with Crippen molar-refractivity contribution >= 4 is 38.5 Å². The van der Waals surface area contributed by atoms with Gasteiger partial charge in [-0.1, -0.05) is 17.4 Å². The molecule has 0 aliphatic carbocycles. The van der Waals surface area contributed by atoms with Crippen LogP contribution in [0.25, 0.3) is 10.2 Å². The molecule has 1 aromatic heterocycles. The van der Waals surface area contributed by atoms with Crippen molar-refractivity contribution in [1.82, 2.24) is 4.98 Å². The van der Waals surface area contributed by atoms with Crippen LogP contribution in [0.5, 0.6) is 5.75 Å². The molecule has 1 saturated heterocycles. The van der Waals surface area contributed by atoms with Gasteiger partial charge in [0.2, 0.25) is 11.8 Å². The van der Waals surface area contributed by atoms with Crippen LogP contribution in [0.15, 0.2) is 18.2 Å². The summed E-state index contributed by atoms with van der Waals surface area (Å²) < 4.78 is 6.20. The highest BCUT2D eigenvalue weighted by Crippen LogP contribution is 2.36. The van der Waals surface area contributed by atoms with Crippen molar-refractivity contribution in [1.29, 1.82) is 0 Å². The first kappa shape index (κ1) is 12.9. The zero-order chi connectivity index (χ0) is 14.3. The number of methoxy groups -OCH3 is 1. The number of anilines is 1. The van der Waals surface area contributed by atoms with Gasteiger partial charge in [-0.15, -0.1) is 0 Å². The quantitative estimate of drug-likeness (QED) is 0.919. The summed E-state index contributed by atoms with van der Waals surface area (Å²) in [6.07, 6.45) is 0.155. The molecule has 2 heterocycles. The van der Waals surface area contributed by atoms with Crippen LogP contribution in [0.3, 0.4) is 0 Å². The number of aromatic nitrogens is 1. The number of rotatable bonds is 3. The Bertz CT molecular complexity index is 697. The van der Waals surface area contributed by atoms with Gasteiger partial charge in [-0.2, -0.15) is 0 Å². The molecule has 3 rings (SSSR count). The largest absolute Gasteiger partial charge is 0.494 e. The van der Waals surface area contributed by atoms with Crippen molar-refractivity contribution in [3.63, 3.8) is 0 Å². The molecular weight excluding hydrogens is 278 g/mol. The molecule has 0 spiro atoms. The molecule has 104 valence electrons. The molecule has 7 heteroatoms. The van der Waals surface area contributed by atoms with E-state index in [1.807, 2.05) is 18.2 Å². The highest BCUT2D eigenvalue weighted by Gasteiger charge is 2.35. The fourth-order valence-corrected chi connectivity index (χ4v) is 3.28. The molecule has 20 heavy (non-hydrogen) atoms. The summed E-state index contributed by atoms with van der Waals surface area (Å²) in [6.45, 7) is 0.302. The van der Waals surface area contributed by atoms with E-state index in [1.165, 1.54) is 16.2 Å². The summed E-state index contributed by atoms with van der Waals surface area (Å²) in [5.41, 5.74) is 5.99. The van der Waals surface area contributed by atoms with E-state index in [1.54, 1.807) is 7.11 Å². The summed E-state index contributed by atoms with van der Waals surface area (Å²) in [6, 6.07) is 5.62. The molecule has 0 saturated carbocycles. The van der Waals surface area contributed by atoms with Gasteiger partial charge in [-0.25, -0.2) is 4.98 Å². The molecular formula is C13H13N3O3S. The fourth-order valence-electron chi connectivity index (χ4n) is 2.27. The number of para-hydroxylation sites is 1. The number of nitrogens with zero attached hydrogens (tertiary/aromatic N) is 2. The number of nitrogens with two attached hydrogens (primary N) is 1. The first-order valence-electron chi connectivity index (χ1n) is 6.13. The van der Waals surface area contributed by atoms with Crippen LogP contribution >= 0.6 is 11.3 Å². The number of carbonyl (C=O) groups excluding carboxylic acids is 2. The normalized spacial score (nSPS) is 18.8. The maximum atomic E-state index is 12.0. The van der Waals surface area contributed by atoms with Gasteiger partial charge in [-0.05, 0) is 12.1 Å². The van der Waals surface area contributed by atoms with Crippen LogP contribution in [-0.4, -0.2) is 30.5 Å². The lowest BCUT2D eigenvalue weighted by Gasteiger charge is -2.11. The molecule has 1 fully saturated rings. The number of fused-ring (bicyclic) bond motifs is 1. The number of thiazole rings is 1. The lowest BCUT2D eigenvalue weighted by molar-refractivity contribution is -0.123. The predicted molar refractivity (Wildman–Crippen MR) is 75.8 cm³/mol. The van der Waals surface area contributed by atoms with E-state index in [2.05, 4.69) is 4.98 Å². The number of carbonyl (C=O) groups is 2. The first-order chi connectivity index (χ1) is 9.60. The van der Waals surface area contributed by atoms with E-state index in [0.29, 0.717) is 17.4 Å². The minimum absolute atomic E-state index is 0.119. The van der Waals surface area contributed by atoms with Gasteiger partial charge in [0.15, 0.2) is 5.13 Å². The van der Waals surface area contributed by atoms with Gasteiger partial charge in [-0.3, -0.25) is 14.5 Å². The average molecular weight is 291 g/mol. The second-order valence-electron chi connectivity index (χ2n) is 4.61. The Labute approximate surface area is 119 Å². The molecule has 1 aliphatic heterocycles. The number of ether oxygens (including phenoxy) is 1. The van der Waals surface area contributed by atoms with Crippen LogP contribution in [-0.2, 0) is 9.59 Å². The molecule has 0 bridgehead atoms. The van der Waals surface area contributed by atoms with Crippen molar-refractivity contribution in [2.24, 2.45) is 11.7 Å². The van der Waals surface area contributed by atoms with Crippen LogP contribution in [0, 0.1) is 5.92 Å². The lowest BCUT2D eigenvalue weighted by atomic mass is 10.1. The van der Waals surface area contributed by atoms with Crippen molar-refractivity contribution in [2.45, 2.75) is 6.42 Å². The molecule has 2 amide bonds. The Morgan fingerprint density at radius 3 is 3.00 bits per heavy atom. The second kappa shape index (κ2) is 4.75. The van der Waals surface area contributed by atoms with Crippen molar-refractivity contribution in [3.8, 4) is 5.75 Å². The van der Waals surface area contributed by atoms with Gasteiger partial charge in [0, 0.05) is 13.0 Å². The molecule has 0 radical (unpaired) electrons. The van der Waals surface area contributed by atoms with Gasteiger partial charge < -0.3 is 10.5 Å². The van der Waals surface area contributed by atoms with Gasteiger partial charge in [0.1, 0.15) is 11.3 Å². The van der Waals surface area contributed by atoms with E-state index in [-0.39, 0.29) is 12.3 Å². The molecule has 2 aromatic rings. The number of amides is 2. The van der Waals surface area contributed by atoms with Gasteiger partial charge >= 0.3 is 0 Å². The summed E-state index contributed by atoms with van der Waals surface area (Å²) in [4.78, 5) is 29.2. The number of hydrogen-bond acceptors (Lipinski definition) is 5. The fraction of sp³-hybridized carbons (Fsp3) is 0.308. The Hall–Kier alpha value is -2.15. The van der Waals surface area contributed by atoms with Crippen molar-refractivity contribution in [2.75, 3.05) is 18.6 Å². The minimum Gasteiger partial charge on any atom is -0.494 e. The third-order valence-electron chi connectivity index (χ3n) is 3.35. The highest BCUT2D eigenvalue weighted by atomic mass is 32.1.